The van der Waals surface area contributed by atoms with Gasteiger partial charge in [0, 0.05) is 15.0 Å². The van der Waals surface area contributed by atoms with Crippen LogP contribution in [0.15, 0.2) is 0 Å². The molecular weight excluding hydrogens is 111 g/mol. The van der Waals surface area contributed by atoms with Crippen molar-refractivity contribution in [1.29, 1.82) is 0 Å². The molecule has 2 aliphatic rings. The molecule has 2 fully saturated rings. The zero-order chi connectivity index (χ0) is 4.69. The van der Waals surface area contributed by atoms with Crippen LogP contribution in [0.3, 0.4) is 0 Å². The van der Waals surface area contributed by atoms with Crippen molar-refractivity contribution < 1.29 is 9.26 Å². The molecule has 3 atom stereocenters. The van der Waals surface area contributed by atoms with E-state index in [0.717, 1.165) is 12.8 Å². The first kappa shape index (κ1) is 4.25. The summed E-state index contributed by atoms with van der Waals surface area (Å²) in [6, 6.07) is 0. The summed E-state index contributed by atoms with van der Waals surface area (Å²) in [6.45, 7) is 0.850. The summed E-state index contributed by atoms with van der Waals surface area (Å²) < 4.78 is 10.3. The van der Waals surface area contributed by atoms with E-state index in [2.05, 4.69) is 0 Å². The Hall–Kier alpha value is 0.350. The zero-order valence-corrected chi connectivity index (χ0v) is 4.89. The molecule has 0 N–H and O–H groups in total. The number of rotatable bonds is 0. The molecule has 0 spiro atoms. The van der Waals surface area contributed by atoms with Crippen molar-refractivity contribution in [2.75, 3.05) is 12.8 Å². The summed E-state index contributed by atoms with van der Waals surface area (Å²) in [7, 11) is 0.699. The second kappa shape index (κ2) is 1.41. The third-order valence-corrected chi connectivity index (χ3v) is 2.26. The number of hydrogen-bond donors (Lipinski definition) is 0. The summed E-state index contributed by atoms with van der Waals surface area (Å²) in [5.41, 5.74) is 0. The predicted molar refractivity (Wildman–Crippen MR) is 27.8 cm³/mol. The standard InChI is InChI=1S/C4H7O2P/c1-3-4(6-3)2-7-5-1/h3-4,7H,1-2H2. The fourth-order valence-corrected chi connectivity index (χ4v) is 1.71. The van der Waals surface area contributed by atoms with E-state index in [1.54, 1.807) is 0 Å². The van der Waals surface area contributed by atoms with Gasteiger partial charge in [0.1, 0.15) is 6.10 Å². The van der Waals surface area contributed by atoms with Gasteiger partial charge in [-0.3, -0.25) is 0 Å². The molecule has 0 saturated carbocycles. The van der Waals surface area contributed by atoms with Crippen LogP contribution < -0.4 is 0 Å². The first-order chi connectivity index (χ1) is 3.47. The minimum atomic E-state index is 0.487. The van der Waals surface area contributed by atoms with E-state index >= 15 is 0 Å². The highest BCUT2D eigenvalue weighted by Gasteiger charge is 2.41. The summed E-state index contributed by atoms with van der Waals surface area (Å²) in [5.74, 6) is 0. The van der Waals surface area contributed by atoms with E-state index in [0.29, 0.717) is 21.0 Å². The Morgan fingerprint density at radius 3 is 3.00 bits per heavy atom. The Morgan fingerprint density at radius 2 is 2.43 bits per heavy atom. The van der Waals surface area contributed by atoms with E-state index in [4.69, 9.17) is 9.26 Å². The van der Waals surface area contributed by atoms with Crippen molar-refractivity contribution in [2.45, 2.75) is 12.2 Å². The Balaban J connectivity index is 1.95. The van der Waals surface area contributed by atoms with E-state index < -0.39 is 0 Å². The molecule has 3 unspecified atom stereocenters. The lowest BCUT2D eigenvalue weighted by atomic mass is 10.4. The molecule has 0 radical (unpaired) electrons. The largest absolute Gasteiger partial charge is 0.367 e. The molecule has 2 heterocycles. The third-order valence-electron chi connectivity index (χ3n) is 1.32. The van der Waals surface area contributed by atoms with Crippen LogP contribution in [0.5, 0.6) is 0 Å². The quantitative estimate of drug-likeness (QED) is 0.338. The van der Waals surface area contributed by atoms with Gasteiger partial charge in [0.2, 0.25) is 0 Å². The Labute approximate surface area is 44.1 Å². The molecule has 2 rings (SSSR count). The highest BCUT2D eigenvalue weighted by Crippen LogP contribution is 2.35. The second-order valence-electron chi connectivity index (χ2n) is 1.87. The van der Waals surface area contributed by atoms with E-state index in [9.17, 15) is 0 Å². The van der Waals surface area contributed by atoms with Gasteiger partial charge in [-0.05, 0) is 0 Å². The molecule has 0 aromatic heterocycles. The Kier molecular flexibility index (Phi) is 0.857. The van der Waals surface area contributed by atoms with Gasteiger partial charge in [-0.2, -0.15) is 0 Å². The molecule has 0 aromatic carbocycles. The Bertz CT molecular complexity index is 75.8. The van der Waals surface area contributed by atoms with Gasteiger partial charge in [-0.15, -0.1) is 0 Å². The summed E-state index contributed by atoms with van der Waals surface area (Å²) >= 11 is 0. The van der Waals surface area contributed by atoms with Gasteiger partial charge < -0.3 is 9.26 Å². The van der Waals surface area contributed by atoms with E-state index in [-0.39, 0.29) is 0 Å². The predicted octanol–water partition coefficient (Wildman–Crippen LogP) is 0.377. The first-order valence-electron chi connectivity index (χ1n) is 2.47. The molecule has 2 saturated heterocycles. The summed E-state index contributed by atoms with van der Waals surface area (Å²) in [4.78, 5) is 0. The van der Waals surface area contributed by atoms with Crippen molar-refractivity contribution in [3.05, 3.63) is 0 Å². The average molecular weight is 118 g/mol. The van der Waals surface area contributed by atoms with Crippen molar-refractivity contribution >= 4 is 8.81 Å². The van der Waals surface area contributed by atoms with Crippen LogP contribution in [0.2, 0.25) is 0 Å². The zero-order valence-electron chi connectivity index (χ0n) is 3.89. The molecule has 2 nitrogen and oxygen atoms in total. The fourth-order valence-electron chi connectivity index (χ4n) is 0.787. The van der Waals surface area contributed by atoms with Crippen molar-refractivity contribution in [2.24, 2.45) is 0 Å². The van der Waals surface area contributed by atoms with E-state index in [1.165, 1.54) is 0 Å². The smallest absolute Gasteiger partial charge is 0.108 e. The maximum atomic E-state index is 5.16. The van der Waals surface area contributed by atoms with Crippen LogP contribution in [0.25, 0.3) is 0 Å². The van der Waals surface area contributed by atoms with Gasteiger partial charge in [-0.25, -0.2) is 0 Å². The molecule has 0 amide bonds. The lowest BCUT2D eigenvalue weighted by Gasteiger charge is -2.03. The van der Waals surface area contributed by atoms with Crippen LogP contribution in [-0.2, 0) is 9.26 Å². The molecular formula is C4H7O2P. The van der Waals surface area contributed by atoms with Crippen LogP contribution in [0, 0.1) is 0 Å². The van der Waals surface area contributed by atoms with Gasteiger partial charge in [0.15, 0.2) is 0 Å². The van der Waals surface area contributed by atoms with E-state index in [1.807, 2.05) is 0 Å². The Morgan fingerprint density at radius 1 is 1.43 bits per heavy atom. The molecule has 0 aliphatic carbocycles. The SMILES string of the molecule is C1OPCC2OC12. The van der Waals surface area contributed by atoms with Crippen LogP contribution >= 0.6 is 8.81 Å². The third kappa shape index (κ3) is 0.674. The minimum Gasteiger partial charge on any atom is -0.367 e. The maximum Gasteiger partial charge on any atom is 0.108 e. The average Bonchev–Trinajstić information content (AvgIpc) is 2.41. The monoisotopic (exact) mass is 118 g/mol. The molecule has 3 heteroatoms. The maximum absolute atomic E-state index is 5.16. The number of epoxide rings is 1. The summed E-state index contributed by atoms with van der Waals surface area (Å²) in [5, 5.41) is 0. The molecule has 40 valence electrons. The van der Waals surface area contributed by atoms with Crippen molar-refractivity contribution in [3.8, 4) is 0 Å². The number of fused-ring (bicyclic) bond motifs is 1. The van der Waals surface area contributed by atoms with Gasteiger partial charge in [0.25, 0.3) is 0 Å². The van der Waals surface area contributed by atoms with Crippen molar-refractivity contribution in [3.63, 3.8) is 0 Å². The highest BCUT2D eigenvalue weighted by atomic mass is 31.1. The highest BCUT2D eigenvalue weighted by molar-refractivity contribution is 7.32. The minimum absolute atomic E-state index is 0.487. The van der Waals surface area contributed by atoms with Gasteiger partial charge in [0.05, 0.1) is 12.7 Å². The number of ether oxygens (including phenoxy) is 1. The van der Waals surface area contributed by atoms with Crippen LogP contribution in [-0.4, -0.2) is 25.0 Å². The topological polar surface area (TPSA) is 21.8 Å². The molecule has 0 aromatic rings. The van der Waals surface area contributed by atoms with Gasteiger partial charge >= 0.3 is 0 Å². The fraction of sp³-hybridized carbons (Fsp3) is 1.00. The molecule has 2 aliphatic heterocycles. The lowest BCUT2D eigenvalue weighted by molar-refractivity contribution is 0.294. The summed E-state index contributed by atoms with van der Waals surface area (Å²) in [6.07, 6.45) is 2.22. The van der Waals surface area contributed by atoms with Gasteiger partial charge in [-0.1, -0.05) is 0 Å². The lowest BCUT2D eigenvalue weighted by Crippen LogP contribution is -2.07. The van der Waals surface area contributed by atoms with Crippen LogP contribution in [0.4, 0.5) is 0 Å². The van der Waals surface area contributed by atoms with Crippen molar-refractivity contribution in [1.82, 2.24) is 0 Å². The molecule has 0 bridgehead atoms. The first-order valence-corrected chi connectivity index (χ1v) is 3.58. The number of hydrogen-bond acceptors (Lipinski definition) is 2. The normalized spacial score (nSPS) is 51.4. The molecule has 7 heavy (non-hydrogen) atoms. The second-order valence-corrected chi connectivity index (χ2v) is 2.86. The van der Waals surface area contributed by atoms with Crippen LogP contribution in [0.1, 0.15) is 0 Å².